The largest absolute Gasteiger partial charge is 0.335 e. The lowest BCUT2D eigenvalue weighted by molar-refractivity contribution is -0.138. The molecule has 1 amide bonds. The maximum absolute atomic E-state index is 12.1. The number of pyridine rings is 1. The molecule has 1 N–H and O–H groups in total. The Kier molecular flexibility index (Phi) is 3.15. The highest BCUT2D eigenvalue weighted by atomic mass is 16.2. The van der Waals surface area contributed by atoms with E-state index in [1.807, 2.05) is 30.2 Å². The molecule has 2 rings (SSSR count). The van der Waals surface area contributed by atoms with E-state index in [0.29, 0.717) is 6.54 Å². The minimum absolute atomic E-state index is 0.0322. The van der Waals surface area contributed by atoms with E-state index in [4.69, 9.17) is 0 Å². The van der Waals surface area contributed by atoms with Crippen LogP contribution in [0.5, 0.6) is 0 Å². The van der Waals surface area contributed by atoms with Gasteiger partial charge < -0.3 is 4.90 Å². The minimum Gasteiger partial charge on any atom is -0.335 e. The smallest absolute Gasteiger partial charge is 0.239 e. The average Bonchev–Trinajstić information content (AvgIpc) is 2.26. The van der Waals surface area contributed by atoms with Crippen LogP contribution in [0.15, 0.2) is 24.5 Å². The SMILES string of the molecule is CC1NC(C)(C)CN(Cc2cccnc2)C1=O. The summed E-state index contributed by atoms with van der Waals surface area (Å²) in [6, 6.07) is 3.78. The van der Waals surface area contributed by atoms with Crippen LogP contribution in [-0.4, -0.2) is 33.9 Å². The van der Waals surface area contributed by atoms with Crippen molar-refractivity contribution in [3.63, 3.8) is 0 Å². The van der Waals surface area contributed by atoms with E-state index in [2.05, 4.69) is 24.1 Å². The highest BCUT2D eigenvalue weighted by Crippen LogP contribution is 2.17. The Labute approximate surface area is 102 Å². The van der Waals surface area contributed by atoms with E-state index in [1.165, 1.54) is 0 Å². The highest BCUT2D eigenvalue weighted by molar-refractivity contribution is 5.82. The van der Waals surface area contributed by atoms with Crippen LogP contribution in [0.2, 0.25) is 0 Å². The maximum atomic E-state index is 12.1. The van der Waals surface area contributed by atoms with Gasteiger partial charge in [-0.25, -0.2) is 0 Å². The quantitative estimate of drug-likeness (QED) is 0.834. The molecule has 0 bridgehead atoms. The van der Waals surface area contributed by atoms with Crippen molar-refractivity contribution in [1.29, 1.82) is 0 Å². The molecule has 0 aromatic carbocycles. The van der Waals surface area contributed by atoms with Crippen LogP contribution in [0, 0.1) is 0 Å². The van der Waals surface area contributed by atoms with Gasteiger partial charge in [0.2, 0.25) is 5.91 Å². The van der Waals surface area contributed by atoms with Gasteiger partial charge in [-0.05, 0) is 32.4 Å². The molecule has 1 aromatic heterocycles. The summed E-state index contributed by atoms with van der Waals surface area (Å²) in [4.78, 5) is 18.0. The van der Waals surface area contributed by atoms with E-state index in [1.54, 1.807) is 6.20 Å². The molecule has 0 aliphatic carbocycles. The van der Waals surface area contributed by atoms with E-state index >= 15 is 0 Å². The molecule has 0 radical (unpaired) electrons. The predicted octanol–water partition coefficient (Wildman–Crippen LogP) is 1.18. The van der Waals surface area contributed by atoms with Gasteiger partial charge in [-0.1, -0.05) is 6.07 Å². The monoisotopic (exact) mass is 233 g/mol. The van der Waals surface area contributed by atoms with Gasteiger partial charge in [0.1, 0.15) is 0 Å². The number of carbonyl (C=O) groups is 1. The molecule has 1 aliphatic heterocycles. The lowest BCUT2D eigenvalue weighted by Gasteiger charge is -2.42. The second kappa shape index (κ2) is 4.45. The molecule has 1 unspecified atom stereocenters. The van der Waals surface area contributed by atoms with Gasteiger partial charge in [0, 0.05) is 31.0 Å². The van der Waals surface area contributed by atoms with Crippen LogP contribution in [-0.2, 0) is 11.3 Å². The van der Waals surface area contributed by atoms with Crippen molar-refractivity contribution in [1.82, 2.24) is 15.2 Å². The summed E-state index contributed by atoms with van der Waals surface area (Å²) in [6.07, 6.45) is 3.56. The average molecular weight is 233 g/mol. The number of aromatic nitrogens is 1. The van der Waals surface area contributed by atoms with Gasteiger partial charge in [-0.2, -0.15) is 0 Å². The molecule has 1 aromatic rings. The first kappa shape index (κ1) is 12.0. The molecule has 1 aliphatic rings. The third-order valence-corrected chi connectivity index (χ3v) is 2.97. The highest BCUT2D eigenvalue weighted by Gasteiger charge is 2.35. The molecule has 17 heavy (non-hydrogen) atoms. The Morgan fingerprint density at radius 2 is 2.35 bits per heavy atom. The fourth-order valence-corrected chi connectivity index (χ4v) is 2.37. The Balaban J connectivity index is 2.12. The zero-order valence-corrected chi connectivity index (χ0v) is 10.6. The number of nitrogens with zero attached hydrogens (tertiary/aromatic N) is 2. The number of nitrogens with one attached hydrogen (secondary N) is 1. The number of carbonyl (C=O) groups excluding carboxylic acids is 1. The normalized spacial score (nSPS) is 23.8. The predicted molar refractivity (Wildman–Crippen MR) is 66.3 cm³/mol. The first-order valence-electron chi connectivity index (χ1n) is 5.93. The molecule has 0 spiro atoms. The van der Waals surface area contributed by atoms with Crippen LogP contribution in [0.3, 0.4) is 0 Å². The molecule has 92 valence electrons. The first-order valence-corrected chi connectivity index (χ1v) is 5.93. The van der Waals surface area contributed by atoms with Crippen molar-refractivity contribution >= 4 is 5.91 Å². The minimum atomic E-state index is -0.115. The van der Waals surface area contributed by atoms with Crippen LogP contribution >= 0.6 is 0 Å². The summed E-state index contributed by atoms with van der Waals surface area (Å²) >= 11 is 0. The third-order valence-electron chi connectivity index (χ3n) is 2.97. The molecule has 1 atom stereocenters. The summed E-state index contributed by atoms with van der Waals surface area (Å²) < 4.78 is 0. The number of hydrogen-bond donors (Lipinski definition) is 1. The second-order valence-electron chi connectivity index (χ2n) is 5.31. The molecule has 4 heteroatoms. The Bertz CT molecular complexity index is 402. The summed E-state index contributed by atoms with van der Waals surface area (Å²) in [5.74, 6) is 0.160. The summed E-state index contributed by atoms with van der Waals surface area (Å²) in [7, 11) is 0. The van der Waals surface area contributed by atoms with Crippen molar-refractivity contribution in [2.45, 2.75) is 38.9 Å². The third kappa shape index (κ3) is 2.82. The maximum Gasteiger partial charge on any atom is 0.239 e. The summed E-state index contributed by atoms with van der Waals surface area (Å²) in [6.45, 7) is 7.52. The lowest BCUT2D eigenvalue weighted by atomic mass is 9.98. The van der Waals surface area contributed by atoms with Gasteiger partial charge in [0.05, 0.1) is 6.04 Å². The molecular formula is C13H19N3O. The van der Waals surface area contributed by atoms with Crippen LogP contribution < -0.4 is 5.32 Å². The van der Waals surface area contributed by atoms with E-state index in [0.717, 1.165) is 12.1 Å². The fourth-order valence-electron chi connectivity index (χ4n) is 2.37. The number of hydrogen-bond acceptors (Lipinski definition) is 3. The van der Waals surface area contributed by atoms with Crippen molar-refractivity contribution in [3.8, 4) is 0 Å². The number of amides is 1. The molecule has 1 saturated heterocycles. The zero-order valence-electron chi connectivity index (χ0n) is 10.6. The van der Waals surface area contributed by atoms with Gasteiger partial charge in [0.25, 0.3) is 0 Å². The molecule has 4 nitrogen and oxygen atoms in total. The topological polar surface area (TPSA) is 45.2 Å². The Morgan fingerprint density at radius 3 is 3.00 bits per heavy atom. The zero-order chi connectivity index (χ0) is 12.5. The van der Waals surface area contributed by atoms with Crippen molar-refractivity contribution in [2.75, 3.05) is 6.54 Å². The standard InChI is InChI=1S/C13H19N3O/c1-10-12(17)16(9-13(2,3)15-10)8-11-5-4-6-14-7-11/h4-7,10,15H,8-9H2,1-3H3. The van der Waals surface area contributed by atoms with E-state index in [-0.39, 0.29) is 17.5 Å². The first-order chi connectivity index (χ1) is 7.98. The van der Waals surface area contributed by atoms with Crippen LogP contribution in [0.1, 0.15) is 26.3 Å². The summed E-state index contributed by atoms with van der Waals surface area (Å²) in [5, 5.41) is 3.31. The van der Waals surface area contributed by atoms with Crippen molar-refractivity contribution in [3.05, 3.63) is 30.1 Å². The Morgan fingerprint density at radius 1 is 1.59 bits per heavy atom. The van der Waals surface area contributed by atoms with Gasteiger partial charge in [-0.15, -0.1) is 0 Å². The van der Waals surface area contributed by atoms with E-state index < -0.39 is 0 Å². The molecule has 2 heterocycles. The van der Waals surface area contributed by atoms with Gasteiger partial charge in [0.15, 0.2) is 0 Å². The van der Waals surface area contributed by atoms with Crippen molar-refractivity contribution < 1.29 is 4.79 Å². The van der Waals surface area contributed by atoms with Crippen molar-refractivity contribution in [2.24, 2.45) is 0 Å². The Hall–Kier alpha value is -1.42. The fraction of sp³-hybridized carbons (Fsp3) is 0.538. The number of rotatable bonds is 2. The van der Waals surface area contributed by atoms with Gasteiger partial charge in [-0.3, -0.25) is 15.1 Å². The summed E-state index contributed by atoms with van der Waals surface area (Å²) in [5.41, 5.74) is 1.04. The molecule has 0 saturated carbocycles. The van der Waals surface area contributed by atoms with E-state index in [9.17, 15) is 4.79 Å². The molecule has 1 fully saturated rings. The van der Waals surface area contributed by atoms with Crippen LogP contribution in [0.4, 0.5) is 0 Å². The molecular weight excluding hydrogens is 214 g/mol. The number of piperazine rings is 1. The van der Waals surface area contributed by atoms with Gasteiger partial charge >= 0.3 is 0 Å². The van der Waals surface area contributed by atoms with Crippen LogP contribution in [0.25, 0.3) is 0 Å². The second-order valence-corrected chi connectivity index (χ2v) is 5.31. The lowest BCUT2D eigenvalue weighted by Crippen LogP contribution is -2.63.